The standard InChI is InChI=1S/C18H19N3O/c1-21(2)16-7-5-15(6-8-16)20-18(22)12-13-3-4-14-9-10-19-17(14)11-13/h3-11,19H,12H2,1-2H3,(H,20,22). The number of anilines is 2. The van der Waals surface area contributed by atoms with E-state index in [1.165, 1.54) is 0 Å². The first kappa shape index (κ1) is 14.2. The molecule has 1 heterocycles. The van der Waals surface area contributed by atoms with E-state index < -0.39 is 0 Å². The molecule has 112 valence electrons. The summed E-state index contributed by atoms with van der Waals surface area (Å²) in [5, 5.41) is 4.09. The molecule has 3 rings (SSSR count). The molecule has 0 atom stereocenters. The lowest BCUT2D eigenvalue weighted by Crippen LogP contribution is -2.14. The van der Waals surface area contributed by atoms with E-state index in [0.29, 0.717) is 6.42 Å². The van der Waals surface area contributed by atoms with Crippen LogP contribution in [-0.4, -0.2) is 25.0 Å². The van der Waals surface area contributed by atoms with Crippen LogP contribution in [0.25, 0.3) is 10.9 Å². The van der Waals surface area contributed by atoms with Crippen molar-refractivity contribution >= 4 is 28.2 Å². The van der Waals surface area contributed by atoms with Gasteiger partial charge in [-0.15, -0.1) is 0 Å². The van der Waals surface area contributed by atoms with E-state index in [0.717, 1.165) is 27.8 Å². The van der Waals surface area contributed by atoms with Gasteiger partial charge in [0.2, 0.25) is 5.91 Å². The van der Waals surface area contributed by atoms with Crippen molar-refractivity contribution in [1.82, 2.24) is 4.98 Å². The molecular formula is C18H19N3O. The topological polar surface area (TPSA) is 48.1 Å². The summed E-state index contributed by atoms with van der Waals surface area (Å²) < 4.78 is 0. The molecule has 0 aliphatic rings. The van der Waals surface area contributed by atoms with Crippen molar-refractivity contribution in [2.45, 2.75) is 6.42 Å². The highest BCUT2D eigenvalue weighted by Gasteiger charge is 2.06. The van der Waals surface area contributed by atoms with Gasteiger partial charge in [0.05, 0.1) is 6.42 Å². The van der Waals surface area contributed by atoms with Gasteiger partial charge in [0.15, 0.2) is 0 Å². The number of aromatic nitrogens is 1. The zero-order valence-electron chi connectivity index (χ0n) is 12.8. The van der Waals surface area contributed by atoms with Crippen molar-refractivity contribution in [2.24, 2.45) is 0 Å². The first-order valence-corrected chi connectivity index (χ1v) is 7.25. The first-order chi connectivity index (χ1) is 10.6. The summed E-state index contributed by atoms with van der Waals surface area (Å²) >= 11 is 0. The Kier molecular flexibility index (Phi) is 3.83. The third kappa shape index (κ3) is 3.11. The molecule has 0 aliphatic heterocycles. The summed E-state index contributed by atoms with van der Waals surface area (Å²) in [7, 11) is 3.98. The van der Waals surface area contributed by atoms with Gasteiger partial charge < -0.3 is 15.2 Å². The smallest absolute Gasteiger partial charge is 0.228 e. The number of hydrogen-bond acceptors (Lipinski definition) is 2. The van der Waals surface area contributed by atoms with Crippen LogP contribution in [0.4, 0.5) is 11.4 Å². The Bertz CT molecular complexity index is 787. The van der Waals surface area contributed by atoms with Gasteiger partial charge in [0.25, 0.3) is 0 Å². The average molecular weight is 293 g/mol. The van der Waals surface area contributed by atoms with E-state index in [9.17, 15) is 4.79 Å². The molecule has 0 saturated carbocycles. The molecular weight excluding hydrogens is 274 g/mol. The van der Waals surface area contributed by atoms with Gasteiger partial charge in [0.1, 0.15) is 0 Å². The molecule has 2 aromatic carbocycles. The number of aromatic amines is 1. The maximum atomic E-state index is 12.1. The fourth-order valence-electron chi connectivity index (χ4n) is 2.44. The molecule has 4 nitrogen and oxygen atoms in total. The fourth-order valence-corrected chi connectivity index (χ4v) is 2.44. The summed E-state index contributed by atoms with van der Waals surface area (Å²) in [5.41, 5.74) is 3.98. The molecule has 0 unspecified atom stereocenters. The Hall–Kier alpha value is -2.75. The molecule has 0 radical (unpaired) electrons. The van der Waals surface area contributed by atoms with E-state index in [1.54, 1.807) is 0 Å². The van der Waals surface area contributed by atoms with Crippen LogP contribution in [0.1, 0.15) is 5.56 Å². The van der Waals surface area contributed by atoms with Gasteiger partial charge in [-0.3, -0.25) is 4.79 Å². The normalized spacial score (nSPS) is 10.6. The Morgan fingerprint density at radius 2 is 1.86 bits per heavy atom. The molecule has 1 amide bonds. The van der Waals surface area contributed by atoms with Gasteiger partial charge in [0, 0.05) is 37.2 Å². The van der Waals surface area contributed by atoms with E-state index in [4.69, 9.17) is 0 Å². The van der Waals surface area contributed by atoms with Crippen LogP contribution in [0.3, 0.4) is 0 Å². The molecule has 0 fully saturated rings. The van der Waals surface area contributed by atoms with Crippen molar-refractivity contribution in [3.63, 3.8) is 0 Å². The fraction of sp³-hybridized carbons (Fsp3) is 0.167. The van der Waals surface area contributed by atoms with Crippen molar-refractivity contribution in [3.05, 3.63) is 60.3 Å². The second-order valence-corrected chi connectivity index (χ2v) is 5.57. The van der Waals surface area contributed by atoms with Crippen LogP contribution >= 0.6 is 0 Å². The third-order valence-corrected chi connectivity index (χ3v) is 3.65. The number of carbonyl (C=O) groups is 1. The second-order valence-electron chi connectivity index (χ2n) is 5.57. The summed E-state index contributed by atoms with van der Waals surface area (Å²) in [6.45, 7) is 0. The van der Waals surface area contributed by atoms with Gasteiger partial charge >= 0.3 is 0 Å². The molecule has 0 aliphatic carbocycles. The van der Waals surface area contributed by atoms with Crippen LogP contribution in [0.15, 0.2) is 54.7 Å². The first-order valence-electron chi connectivity index (χ1n) is 7.25. The van der Waals surface area contributed by atoms with Crippen LogP contribution in [-0.2, 0) is 11.2 Å². The highest BCUT2D eigenvalue weighted by atomic mass is 16.1. The van der Waals surface area contributed by atoms with Gasteiger partial charge in [-0.05, 0) is 47.3 Å². The molecule has 1 aromatic heterocycles. The number of hydrogen-bond donors (Lipinski definition) is 2. The SMILES string of the molecule is CN(C)c1ccc(NC(=O)Cc2ccc3cc[nH]c3c2)cc1. The monoisotopic (exact) mass is 293 g/mol. The number of benzene rings is 2. The van der Waals surface area contributed by atoms with Crippen LogP contribution < -0.4 is 10.2 Å². The second kappa shape index (κ2) is 5.93. The minimum Gasteiger partial charge on any atom is -0.378 e. The number of rotatable bonds is 4. The van der Waals surface area contributed by atoms with Crippen molar-refractivity contribution < 1.29 is 4.79 Å². The Labute approximate surface area is 129 Å². The third-order valence-electron chi connectivity index (χ3n) is 3.65. The number of nitrogens with one attached hydrogen (secondary N) is 2. The summed E-state index contributed by atoms with van der Waals surface area (Å²) in [6, 6.07) is 15.9. The average Bonchev–Trinajstić information content (AvgIpc) is 2.95. The zero-order chi connectivity index (χ0) is 15.5. The summed E-state index contributed by atoms with van der Waals surface area (Å²) in [6.07, 6.45) is 2.27. The molecule has 0 spiro atoms. The van der Waals surface area contributed by atoms with Gasteiger partial charge in [-0.2, -0.15) is 0 Å². The van der Waals surface area contributed by atoms with Crippen LogP contribution in [0.2, 0.25) is 0 Å². The van der Waals surface area contributed by atoms with E-state index in [2.05, 4.69) is 10.3 Å². The predicted octanol–water partition coefficient (Wildman–Crippen LogP) is 3.42. The van der Waals surface area contributed by atoms with E-state index in [1.807, 2.05) is 73.7 Å². The highest BCUT2D eigenvalue weighted by molar-refractivity contribution is 5.93. The van der Waals surface area contributed by atoms with Crippen molar-refractivity contribution in [3.8, 4) is 0 Å². The maximum Gasteiger partial charge on any atom is 0.228 e. The lowest BCUT2D eigenvalue weighted by atomic mass is 10.1. The molecule has 3 aromatic rings. The Morgan fingerprint density at radius 1 is 1.09 bits per heavy atom. The number of carbonyl (C=O) groups excluding carboxylic acids is 1. The Morgan fingerprint density at radius 3 is 2.59 bits per heavy atom. The number of fused-ring (bicyclic) bond motifs is 1. The van der Waals surface area contributed by atoms with Gasteiger partial charge in [-0.1, -0.05) is 12.1 Å². The van der Waals surface area contributed by atoms with Crippen LogP contribution in [0, 0.1) is 0 Å². The number of amides is 1. The van der Waals surface area contributed by atoms with Crippen LogP contribution in [0.5, 0.6) is 0 Å². The zero-order valence-corrected chi connectivity index (χ0v) is 12.8. The van der Waals surface area contributed by atoms with Gasteiger partial charge in [-0.25, -0.2) is 0 Å². The van der Waals surface area contributed by atoms with Crippen molar-refractivity contribution in [2.75, 3.05) is 24.3 Å². The summed E-state index contributed by atoms with van der Waals surface area (Å²) in [5.74, 6) is -0.0106. The lowest BCUT2D eigenvalue weighted by molar-refractivity contribution is -0.115. The summed E-state index contributed by atoms with van der Waals surface area (Å²) in [4.78, 5) is 17.3. The quantitative estimate of drug-likeness (QED) is 0.774. The lowest BCUT2D eigenvalue weighted by Gasteiger charge is -2.13. The predicted molar refractivity (Wildman–Crippen MR) is 91.4 cm³/mol. The Balaban J connectivity index is 1.66. The molecule has 0 saturated heterocycles. The van der Waals surface area contributed by atoms with Crippen molar-refractivity contribution in [1.29, 1.82) is 0 Å². The van der Waals surface area contributed by atoms with E-state index >= 15 is 0 Å². The molecule has 2 N–H and O–H groups in total. The maximum absolute atomic E-state index is 12.1. The number of H-pyrrole nitrogens is 1. The minimum absolute atomic E-state index is 0.0106. The van der Waals surface area contributed by atoms with E-state index in [-0.39, 0.29) is 5.91 Å². The number of nitrogens with zero attached hydrogens (tertiary/aromatic N) is 1. The minimum atomic E-state index is -0.0106. The molecule has 0 bridgehead atoms. The largest absolute Gasteiger partial charge is 0.378 e. The molecule has 4 heteroatoms. The highest BCUT2D eigenvalue weighted by Crippen LogP contribution is 2.17. The molecule has 22 heavy (non-hydrogen) atoms.